The van der Waals surface area contributed by atoms with Crippen molar-refractivity contribution in [3.63, 3.8) is 0 Å². The Kier molecular flexibility index (Phi) is 4.98. The quantitative estimate of drug-likeness (QED) is 0.686. The number of hydrogen-bond donors (Lipinski definition) is 3. The SMILES string of the molecule is CC(NC(=O)C1(N)CC1)C(=O)NC(C)(C)C.Cl. The zero-order valence-corrected chi connectivity index (χ0v) is 11.6. The van der Waals surface area contributed by atoms with E-state index in [4.69, 9.17) is 5.73 Å². The van der Waals surface area contributed by atoms with Crippen molar-refractivity contribution in [2.24, 2.45) is 5.73 Å². The number of amides is 2. The zero-order chi connectivity index (χ0) is 12.6. The Morgan fingerprint density at radius 1 is 1.29 bits per heavy atom. The van der Waals surface area contributed by atoms with E-state index in [1.807, 2.05) is 20.8 Å². The van der Waals surface area contributed by atoms with E-state index in [1.165, 1.54) is 0 Å². The lowest BCUT2D eigenvalue weighted by molar-refractivity contribution is -0.130. The van der Waals surface area contributed by atoms with Crippen LogP contribution in [0.3, 0.4) is 0 Å². The van der Waals surface area contributed by atoms with Crippen molar-refractivity contribution in [1.82, 2.24) is 10.6 Å². The van der Waals surface area contributed by atoms with Crippen LogP contribution in [0.4, 0.5) is 0 Å². The zero-order valence-electron chi connectivity index (χ0n) is 10.8. The average molecular weight is 264 g/mol. The Labute approximate surface area is 108 Å². The third-order valence-corrected chi connectivity index (χ3v) is 2.48. The van der Waals surface area contributed by atoms with Crippen LogP contribution in [-0.4, -0.2) is 28.9 Å². The minimum atomic E-state index is -0.726. The Balaban J connectivity index is 0.00000256. The third kappa shape index (κ3) is 4.91. The van der Waals surface area contributed by atoms with Gasteiger partial charge in [0.25, 0.3) is 0 Å². The van der Waals surface area contributed by atoms with E-state index in [9.17, 15) is 9.59 Å². The molecule has 0 saturated heterocycles. The molecule has 5 nitrogen and oxygen atoms in total. The first-order chi connectivity index (χ1) is 7.14. The molecule has 0 aromatic rings. The molecule has 1 saturated carbocycles. The van der Waals surface area contributed by atoms with Crippen molar-refractivity contribution in [3.05, 3.63) is 0 Å². The van der Waals surface area contributed by atoms with Crippen molar-refractivity contribution < 1.29 is 9.59 Å². The summed E-state index contributed by atoms with van der Waals surface area (Å²) in [6, 6.07) is -0.548. The molecular formula is C11H22ClN3O2. The number of halogens is 1. The summed E-state index contributed by atoms with van der Waals surface area (Å²) in [6.07, 6.45) is 1.40. The molecule has 1 atom stereocenters. The van der Waals surface area contributed by atoms with Crippen LogP contribution in [-0.2, 0) is 9.59 Å². The van der Waals surface area contributed by atoms with Gasteiger partial charge in [-0.05, 0) is 40.5 Å². The van der Waals surface area contributed by atoms with Crippen LogP contribution in [0.5, 0.6) is 0 Å². The maximum atomic E-state index is 11.7. The van der Waals surface area contributed by atoms with Crippen LogP contribution in [0.25, 0.3) is 0 Å². The van der Waals surface area contributed by atoms with E-state index in [1.54, 1.807) is 6.92 Å². The lowest BCUT2D eigenvalue weighted by Crippen LogP contribution is -2.54. The molecule has 17 heavy (non-hydrogen) atoms. The van der Waals surface area contributed by atoms with Crippen LogP contribution in [0.15, 0.2) is 0 Å². The van der Waals surface area contributed by atoms with E-state index >= 15 is 0 Å². The highest BCUT2D eigenvalue weighted by Gasteiger charge is 2.46. The molecule has 0 radical (unpaired) electrons. The van der Waals surface area contributed by atoms with Crippen LogP contribution >= 0.6 is 12.4 Å². The first kappa shape index (κ1) is 16.2. The fraction of sp³-hybridized carbons (Fsp3) is 0.818. The molecule has 0 bridgehead atoms. The van der Waals surface area contributed by atoms with Gasteiger partial charge >= 0.3 is 0 Å². The van der Waals surface area contributed by atoms with Crippen molar-refractivity contribution >= 4 is 24.2 Å². The van der Waals surface area contributed by atoms with Gasteiger partial charge < -0.3 is 16.4 Å². The molecule has 0 spiro atoms. The Morgan fingerprint density at radius 2 is 1.76 bits per heavy atom. The summed E-state index contributed by atoms with van der Waals surface area (Å²) in [6.45, 7) is 7.34. The van der Waals surface area contributed by atoms with Crippen LogP contribution < -0.4 is 16.4 Å². The summed E-state index contributed by atoms with van der Waals surface area (Å²) >= 11 is 0. The minimum absolute atomic E-state index is 0. The second-order valence-electron chi connectivity index (χ2n) is 5.59. The number of carbonyl (C=O) groups excluding carboxylic acids is 2. The molecule has 6 heteroatoms. The lowest BCUT2D eigenvalue weighted by Gasteiger charge is -2.24. The molecule has 1 rings (SSSR count). The molecule has 2 amide bonds. The van der Waals surface area contributed by atoms with Gasteiger partial charge in [0.15, 0.2) is 0 Å². The molecule has 1 fully saturated rings. The summed E-state index contributed by atoms with van der Waals surface area (Å²) in [5.41, 5.74) is 4.70. The maximum absolute atomic E-state index is 11.7. The molecule has 1 aliphatic rings. The van der Waals surface area contributed by atoms with Crippen LogP contribution in [0, 0.1) is 0 Å². The monoisotopic (exact) mass is 263 g/mol. The Bertz CT molecular complexity index is 308. The third-order valence-electron chi connectivity index (χ3n) is 2.48. The fourth-order valence-electron chi connectivity index (χ4n) is 1.25. The van der Waals surface area contributed by atoms with E-state index in [2.05, 4.69) is 10.6 Å². The minimum Gasteiger partial charge on any atom is -0.350 e. The van der Waals surface area contributed by atoms with Crippen molar-refractivity contribution in [2.45, 2.75) is 57.7 Å². The largest absolute Gasteiger partial charge is 0.350 e. The highest BCUT2D eigenvalue weighted by Crippen LogP contribution is 2.32. The smallest absolute Gasteiger partial charge is 0.242 e. The first-order valence-corrected chi connectivity index (χ1v) is 5.56. The van der Waals surface area contributed by atoms with Crippen molar-refractivity contribution in [3.8, 4) is 0 Å². The van der Waals surface area contributed by atoms with Gasteiger partial charge in [-0.25, -0.2) is 0 Å². The van der Waals surface area contributed by atoms with Gasteiger partial charge in [-0.3, -0.25) is 9.59 Å². The normalized spacial score (nSPS) is 18.6. The number of hydrogen-bond acceptors (Lipinski definition) is 3. The summed E-state index contributed by atoms with van der Waals surface area (Å²) in [4.78, 5) is 23.3. The van der Waals surface area contributed by atoms with Gasteiger partial charge in [0.1, 0.15) is 6.04 Å². The Morgan fingerprint density at radius 3 is 2.12 bits per heavy atom. The van der Waals surface area contributed by atoms with Crippen LogP contribution in [0.1, 0.15) is 40.5 Å². The second kappa shape index (κ2) is 5.23. The number of rotatable bonds is 3. The molecule has 1 unspecified atom stereocenters. The van der Waals surface area contributed by atoms with E-state index in [0.29, 0.717) is 12.8 Å². The molecule has 0 heterocycles. The topological polar surface area (TPSA) is 84.2 Å². The molecule has 4 N–H and O–H groups in total. The van der Waals surface area contributed by atoms with Gasteiger partial charge in [0, 0.05) is 5.54 Å². The van der Waals surface area contributed by atoms with Gasteiger partial charge in [-0.15, -0.1) is 12.4 Å². The van der Waals surface area contributed by atoms with Crippen molar-refractivity contribution in [1.29, 1.82) is 0 Å². The van der Waals surface area contributed by atoms with Gasteiger partial charge in [0.05, 0.1) is 5.54 Å². The maximum Gasteiger partial charge on any atom is 0.242 e. The number of nitrogens with two attached hydrogens (primary N) is 1. The number of nitrogens with one attached hydrogen (secondary N) is 2. The van der Waals surface area contributed by atoms with Gasteiger partial charge in [-0.1, -0.05) is 0 Å². The van der Waals surface area contributed by atoms with E-state index in [-0.39, 0.29) is 29.8 Å². The predicted octanol–water partition coefficient (Wildman–Crippen LogP) is 0.319. The molecular weight excluding hydrogens is 242 g/mol. The molecule has 1 aliphatic carbocycles. The highest BCUT2D eigenvalue weighted by atomic mass is 35.5. The predicted molar refractivity (Wildman–Crippen MR) is 68.9 cm³/mol. The summed E-state index contributed by atoms with van der Waals surface area (Å²) in [7, 11) is 0. The standard InChI is InChI=1S/C11H21N3O2.ClH/c1-7(8(15)14-10(2,3)4)13-9(16)11(12)5-6-11;/h7H,5-6,12H2,1-4H3,(H,13,16)(H,14,15);1H. The first-order valence-electron chi connectivity index (χ1n) is 5.56. The summed E-state index contributed by atoms with van der Waals surface area (Å²) in [5, 5.41) is 5.43. The second-order valence-corrected chi connectivity index (χ2v) is 5.59. The summed E-state index contributed by atoms with van der Waals surface area (Å²) in [5.74, 6) is -0.422. The van der Waals surface area contributed by atoms with E-state index < -0.39 is 11.6 Å². The average Bonchev–Trinajstić information content (AvgIpc) is 2.81. The lowest BCUT2D eigenvalue weighted by atomic mass is 10.1. The number of carbonyl (C=O) groups is 2. The highest BCUT2D eigenvalue weighted by molar-refractivity contribution is 5.93. The fourth-order valence-corrected chi connectivity index (χ4v) is 1.25. The van der Waals surface area contributed by atoms with Crippen LogP contribution in [0.2, 0.25) is 0 Å². The molecule has 0 aromatic heterocycles. The molecule has 0 aliphatic heterocycles. The van der Waals surface area contributed by atoms with Gasteiger partial charge in [0.2, 0.25) is 11.8 Å². The summed E-state index contributed by atoms with van der Waals surface area (Å²) < 4.78 is 0. The molecule has 100 valence electrons. The van der Waals surface area contributed by atoms with Crippen molar-refractivity contribution in [2.75, 3.05) is 0 Å². The van der Waals surface area contributed by atoms with Gasteiger partial charge in [-0.2, -0.15) is 0 Å². The Hall–Kier alpha value is -0.810. The van der Waals surface area contributed by atoms with E-state index in [0.717, 1.165) is 0 Å². The molecule has 0 aromatic carbocycles.